The molecule has 0 saturated carbocycles. The van der Waals surface area contributed by atoms with Gasteiger partial charge in [0.2, 0.25) is 0 Å². The van der Waals surface area contributed by atoms with Gasteiger partial charge in [-0.2, -0.15) is 0 Å². The number of fused-ring (bicyclic) bond motifs is 22. The molecule has 0 bridgehead atoms. The molecule has 0 aliphatic heterocycles. The molecule has 0 spiro atoms. The highest BCUT2D eigenvalue weighted by Gasteiger charge is 2.29. The van der Waals surface area contributed by atoms with Crippen molar-refractivity contribution >= 4 is 131 Å². The Morgan fingerprint density at radius 3 is 0.647 bits per heavy atom. The first-order valence-electron chi connectivity index (χ1n) is 50.7. The van der Waals surface area contributed by atoms with E-state index in [2.05, 4.69) is 516 Å². The molecule has 22 aromatic carbocycles. The van der Waals surface area contributed by atoms with Crippen molar-refractivity contribution in [2.45, 2.75) is 0 Å². The summed E-state index contributed by atoms with van der Waals surface area (Å²) in [5, 5.41) is 13.4. The van der Waals surface area contributed by atoms with Crippen molar-refractivity contribution in [3.8, 4) is 158 Å². The van der Waals surface area contributed by atoms with E-state index in [1.54, 1.807) is 0 Å². The van der Waals surface area contributed by atoms with Gasteiger partial charge in [0, 0.05) is 121 Å². The first kappa shape index (κ1) is 86.3. The Morgan fingerprint density at radius 1 is 0.127 bits per heavy atom. The summed E-state index contributed by atoms with van der Waals surface area (Å²) in [6.07, 6.45) is 0. The van der Waals surface area contributed by atoms with E-state index >= 15 is 0 Å². The summed E-state index contributed by atoms with van der Waals surface area (Å²) in [4.78, 5) is 31.7. The van der Waals surface area contributed by atoms with Crippen LogP contribution >= 0.6 is 0 Å². The van der Waals surface area contributed by atoms with Gasteiger partial charge in [-0.3, -0.25) is 0 Å². The smallest absolute Gasteiger partial charge is 0.164 e. The Kier molecular flexibility index (Phi) is 20.7. The van der Waals surface area contributed by atoms with Gasteiger partial charge in [-0.25, -0.2) is 29.9 Å². The van der Waals surface area contributed by atoms with Gasteiger partial charge in [0.25, 0.3) is 0 Å². The second kappa shape index (κ2) is 35.9. The first-order chi connectivity index (χ1) is 74.4. The van der Waals surface area contributed by atoms with Gasteiger partial charge >= 0.3 is 0 Å². The van der Waals surface area contributed by atoms with Crippen molar-refractivity contribution in [2.75, 3.05) is 0 Å². The maximum Gasteiger partial charge on any atom is 0.164 e. The van der Waals surface area contributed by atoms with Gasteiger partial charge in [-0.1, -0.05) is 406 Å². The SMILES string of the molecule is c1ccc(-c2ccc(-n3c4ccccc4c4ccc5c6ccc7c8ccccc8n(-c8cccc(-c9nc(-c%10cccc(-c%11ccccc%11)c%10)nc(-c%10cccc(-c%11ccccc%11)c%10)n9)c8)c7c6oc5c43)cc2)cc1.c1ccc(-c2ccc(-n3c4ccccc4c4ccc5c6ccc7c8ccccc8n(-c8cccc(-c9nc(-c%10cccc(-c%11ccccc%11)c%10)nc(-c%10ccccc%10-c%10ccccc%10)n9)c8)c7c6oc5c43)cc2)cc1. The number of para-hydroxylation sites is 4. The summed E-state index contributed by atoms with van der Waals surface area (Å²) < 4.78 is 24.3. The third-order valence-corrected chi connectivity index (χ3v) is 29.5. The lowest BCUT2D eigenvalue weighted by molar-refractivity contribution is 0.673. The van der Waals surface area contributed by atoms with Crippen LogP contribution in [0.25, 0.3) is 289 Å². The molecule has 0 amide bonds. The maximum absolute atomic E-state index is 7.41. The van der Waals surface area contributed by atoms with Crippen molar-refractivity contribution in [2.24, 2.45) is 0 Å². The van der Waals surface area contributed by atoms with Gasteiger partial charge in [0.1, 0.15) is 0 Å². The molecule has 0 unspecified atom stereocenters. The highest BCUT2D eigenvalue weighted by Crippen LogP contribution is 2.50. The molecule has 12 heteroatoms. The molecule has 0 fully saturated rings. The number of benzene rings is 22. The van der Waals surface area contributed by atoms with E-state index in [1.165, 1.54) is 33.0 Å². The zero-order valence-corrected chi connectivity index (χ0v) is 80.9. The summed E-state index contributed by atoms with van der Waals surface area (Å²) in [7, 11) is 0. The third kappa shape index (κ3) is 14.7. The largest absolute Gasteiger partial charge is 0.452 e. The van der Waals surface area contributed by atoms with Gasteiger partial charge < -0.3 is 27.1 Å². The number of rotatable bonds is 16. The van der Waals surface area contributed by atoms with Crippen molar-refractivity contribution in [1.29, 1.82) is 0 Å². The minimum atomic E-state index is 0.575. The van der Waals surface area contributed by atoms with Crippen LogP contribution in [-0.2, 0) is 0 Å². The number of aromatic nitrogens is 10. The molecule has 0 radical (unpaired) electrons. The lowest BCUT2D eigenvalue weighted by Crippen LogP contribution is -2.02. The molecule has 150 heavy (non-hydrogen) atoms. The van der Waals surface area contributed by atoms with Gasteiger partial charge in [0.05, 0.1) is 44.1 Å². The molecule has 30 rings (SSSR count). The normalized spacial score (nSPS) is 11.7. The number of hydrogen-bond donors (Lipinski definition) is 0. The Labute approximate surface area is 861 Å². The standard InChI is InChI=1S/2C69H43N5O/c1-4-17-44(18-5-1)47-33-35-53(36-34-47)73-61-31-12-10-29-55(61)57-37-39-59-60-40-38-58-56-30-11-13-32-62(56)74(64(58)66(60)75-65(59)63(57)73)54-28-16-27-52(43-54)69-71-67(50-25-14-23-48(41-50)45-19-6-2-7-20-45)70-68(72-69)51-26-15-24-49(42-51)46-21-8-3-9-22-46;1-4-18-44(19-5-1)46-34-36-51(37-35-46)73-61-32-14-12-29-54(61)56-38-40-58-59-41-39-57-55-30-13-15-33-62(55)74(64(57)66(59)75-65(58)63(56)73)52-27-17-26-50(43-52)68-70-67(49-25-16-24-48(42-49)45-20-6-2-7-21-45)71-69(72-68)60-31-11-10-28-53(60)47-22-8-3-9-23-47/h2*1-43H. The average molecular weight is 1920 g/mol. The highest BCUT2D eigenvalue weighted by molar-refractivity contribution is 6.29. The molecule has 30 aromatic rings. The van der Waals surface area contributed by atoms with E-state index in [9.17, 15) is 0 Å². The zero-order valence-electron chi connectivity index (χ0n) is 80.9. The van der Waals surface area contributed by atoms with Gasteiger partial charge in [-0.05, 0) is 182 Å². The van der Waals surface area contributed by atoms with E-state index in [0.717, 1.165) is 221 Å². The highest BCUT2D eigenvalue weighted by atomic mass is 16.3. The number of nitrogens with zero attached hydrogens (tertiary/aromatic N) is 10. The fourth-order valence-electron chi connectivity index (χ4n) is 22.6. The minimum Gasteiger partial charge on any atom is -0.452 e. The lowest BCUT2D eigenvalue weighted by Gasteiger charge is -2.13. The topological polar surface area (TPSA) is 123 Å². The quantitative estimate of drug-likeness (QED) is 0.0937. The van der Waals surface area contributed by atoms with Crippen LogP contribution in [0.4, 0.5) is 0 Å². The fourth-order valence-corrected chi connectivity index (χ4v) is 22.6. The zero-order chi connectivity index (χ0) is 98.8. The van der Waals surface area contributed by atoms with Gasteiger partial charge in [0.15, 0.2) is 57.3 Å². The predicted molar refractivity (Wildman–Crippen MR) is 617 cm³/mol. The Morgan fingerprint density at radius 2 is 0.340 bits per heavy atom. The summed E-state index contributed by atoms with van der Waals surface area (Å²) in [6, 6.07) is 184. The van der Waals surface area contributed by atoms with Crippen LogP contribution in [0.15, 0.2) is 531 Å². The van der Waals surface area contributed by atoms with E-state index in [0.29, 0.717) is 34.9 Å². The molecule has 8 aromatic heterocycles. The molecule has 0 atom stereocenters. The summed E-state index contributed by atoms with van der Waals surface area (Å²) in [5.41, 5.74) is 34.8. The van der Waals surface area contributed by atoms with Crippen LogP contribution < -0.4 is 0 Å². The molecular weight excluding hydrogens is 1830 g/mol. The monoisotopic (exact) mass is 1910 g/mol. The van der Waals surface area contributed by atoms with E-state index in [4.69, 9.17) is 38.7 Å². The molecule has 8 heterocycles. The molecule has 700 valence electrons. The maximum atomic E-state index is 7.41. The predicted octanol–water partition coefficient (Wildman–Crippen LogP) is 35.9. The summed E-state index contributed by atoms with van der Waals surface area (Å²) in [6.45, 7) is 0. The van der Waals surface area contributed by atoms with Crippen molar-refractivity contribution in [3.63, 3.8) is 0 Å². The Hall–Kier alpha value is -20.3. The molecule has 0 saturated heterocycles. The molecule has 0 aliphatic carbocycles. The van der Waals surface area contributed by atoms with Crippen LogP contribution in [0.1, 0.15) is 0 Å². The average Bonchev–Trinajstić information content (AvgIpc) is 1.54. The Bertz CT molecular complexity index is 10500. The minimum absolute atomic E-state index is 0.575. The fraction of sp³-hybridized carbons (Fsp3) is 0. The van der Waals surface area contributed by atoms with E-state index < -0.39 is 0 Å². The Balaban J connectivity index is 0.000000141. The second-order valence-electron chi connectivity index (χ2n) is 38.3. The summed E-state index contributed by atoms with van der Waals surface area (Å²) >= 11 is 0. The number of furan rings is 2. The lowest BCUT2D eigenvalue weighted by atomic mass is 9.99. The van der Waals surface area contributed by atoms with Crippen LogP contribution in [0, 0.1) is 0 Å². The number of hydrogen-bond acceptors (Lipinski definition) is 8. The van der Waals surface area contributed by atoms with Crippen molar-refractivity contribution in [1.82, 2.24) is 48.2 Å². The molecule has 0 aliphatic rings. The van der Waals surface area contributed by atoms with Crippen LogP contribution in [0.3, 0.4) is 0 Å². The van der Waals surface area contributed by atoms with E-state index in [-0.39, 0.29) is 0 Å². The molecule has 0 N–H and O–H groups in total. The van der Waals surface area contributed by atoms with Crippen LogP contribution in [-0.4, -0.2) is 48.2 Å². The first-order valence-corrected chi connectivity index (χ1v) is 50.7. The summed E-state index contributed by atoms with van der Waals surface area (Å²) in [5.74, 6) is 3.54. The van der Waals surface area contributed by atoms with Crippen LogP contribution in [0.5, 0.6) is 0 Å². The molecule has 12 nitrogen and oxygen atoms in total. The van der Waals surface area contributed by atoms with Crippen LogP contribution in [0.2, 0.25) is 0 Å². The second-order valence-corrected chi connectivity index (χ2v) is 38.3. The third-order valence-electron chi connectivity index (χ3n) is 29.5. The van der Waals surface area contributed by atoms with E-state index in [1.807, 2.05) is 24.3 Å². The van der Waals surface area contributed by atoms with Gasteiger partial charge in [-0.15, -0.1) is 0 Å². The van der Waals surface area contributed by atoms with Crippen molar-refractivity contribution in [3.05, 3.63) is 522 Å². The van der Waals surface area contributed by atoms with Crippen molar-refractivity contribution < 1.29 is 8.83 Å². The molecular formula is C138H86N10O2.